The third-order valence-corrected chi connectivity index (χ3v) is 2.16. The van der Waals surface area contributed by atoms with Gasteiger partial charge < -0.3 is 10.5 Å². The minimum atomic E-state index is -1.08. The van der Waals surface area contributed by atoms with Gasteiger partial charge in [-0.25, -0.2) is 4.79 Å². The van der Waals surface area contributed by atoms with Crippen molar-refractivity contribution in [2.24, 2.45) is 5.73 Å². The van der Waals surface area contributed by atoms with Crippen LogP contribution in [0.4, 0.5) is 0 Å². The van der Waals surface area contributed by atoms with Crippen LogP contribution in [0.1, 0.15) is 5.56 Å². The molecule has 1 rings (SSSR count). The Labute approximate surface area is 102 Å². The standard InChI is InChI=1S/C10H12N4O4/c1-6-4-14(10(17)13-8(6)15)5-7(12)9(16)18-3-2-11/h4,7H,3,5,12H2,1H3,(H,13,15,17)/t7-/m0/s1. The first-order valence-electron chi connectivity index (χ1n) is 5.05. The van der Waals surface area contributed by atoms with Crippen molar-refractivity contribution < 1.29 is 9.53 Å². The Kier molecular flexibility index (Phi) is 4.39. The van der Waals surface area contributed by atoms with E-state index in [-0.39, 0.29) is 6.54 Å². The van der Waals surface area contributed by atoms with E-state index in [1.807, 2.05) is 0 Å². The minimum Gasteiger partial charge on any atom is -0.449 e. The zero-order valence-corrected chi connectivity index (χ0v) is 9.67. The number of hydrogen-bond acceptors (Lipinski definition) is 6. The number of aromatic nitrogens is 2. The summed E-state index contributed by atoms with van der Waals surface area (Å²) in [6.07, 6.45) is 1.30. The molecule has 96 valence electrons. The molecule has 0 unspecified atom stereocenters. The second kappa shape index (κ2) is 5.79. The Hall–Kier alpha value is -2.40. The zero-order valence-electron chi connectivity index (χ0n) is 9.67. The second-order valence-electron chi connectivity index (χ2n) is 3.60. The number of aromatic amines is 1. The fourth-order valence-corrected chi connectivity index (χ4v) is 1.25. The number of nitrogens with two attached hydrogens (primary N) is 1. The number of nitriles is 1. The topological polar surface area (TPSA) is 131 Å². The molecule has 3 N–H and O–H groups in total. The maximum atomic E-state index is 11.4. The third-order valence-electron chi connectivity index (χ3n) is 2.16. The number of hydrogen-bond donors (Lipinski definition) is 2. The van der Waals surface area contributed by atoms with E-state index >= 15 is 0 Å². The van der Waals surface area contributed by atoms with Gasteiger partial charge in [-0.2, -0.15) is 5.26 Å². The normalized spacial score (nSPS) is 11.6. The highest BCUT2D eigenvalue weighted by Crippen LogP contribution is 1.91. The van der Waals surface area contributed by atoms with Crippen LogP contribution < -0.4 is 17.0 Å². The van der Waals surface area contributed by atoms with E-state index in [0.29, 0.717) is 5.56 Å². The number of nitrogens with one attached hydrogen (secondary N) is 1. The molecule has 1 atom stereocenters. The summed E-state index contributed by atoms with van der Waals surface area (Å²) >= 11 is 0. The van der Waals surface area contributed by atoms with Crippen LogP contribution in [0.2, 0.25) is 0 Å². The van der Waals surface area contributed by atoms with Crippen molar-refractivity contribution in [1.29, 1.82) is 5.26 Å². The summed E-state index contributed by atoms with van der Waals surface area (Å²) in [6, 6.07) is 0.549. The Morgan fingerprint density at radius 2 is 2.33 bits per heavy atom. The van der Waals surface area contributed by atoms with Crippen molar-refractivity contribution in [2.45, 2.75) is 19.5 Å². The fourth-order valence-electron chi connectivity index (χ4n) is 1.25. The molecule has 1 aromatic heterocycles. The van der Waals surface area contributed by atoms with Gasteiger partial charge in [-0.1, -0.05) is 0 Å². The molecule has 8 heteroatoms. The van der Waals surface area contributed by atoms with Crippen LogP contribution in [0.15, 0.2) is 15.8 Å². The number of ether oxygens (including phenoxy) is 1. The van der Waals surface area contributed by atoms with Crippen LogP contribution in [-0.2, 0) is 16.1 Å². The van der Waals surface area contributed by atoms with Crippen LogP contribution >= 0.6 is 0 Å². The number of carbonyl (C=O) groups excluding carboxylic acids is 1. The highest BCUT2D eigenvalue weighted by atomic mass is 16.5. The van der Waals surface area contributed by atoms with Crippen molar-refractivity contribution in [3.05, 3.63) is 32.6 Å². The summed E-state index contributed by atoms with van der Waals surface area (Å²) < 4.78 is 5.61. The first-order valence-corrected chi connectivity index (χ1v) is 5.05. The molecule has 18 heavy (non-hydrogen) atoms. The molecule has 0 bridgehead atoms. The molecule has 0 fully saturated rings. The van der Waals surface area contributed by atoms with Crippen LogP contribution in [-0.4, -0.2) is 28.2 Å². The predicted molar refractivity (Wildman–Crippen MR) is 60.6 cm³/mol. The van der Waals surface area contributed by atoms with Gasteiger partial charge in [0.2, 0.25) is 0 Å². The van der Waals surface area contributed by atoms with E-state index in [1.54, 1.807) is 6.07 Å². The Balaban J connectivity index is 2.83. The Bertz CT molecular complexity index is 595. The summed E-state index contributed by atoms with van der Waals surface area (Å²) in [6.45, 7) is 0.987. The lowest BCUT2D eigenvalue weighted by Crippen LogP contribution is -2.41. The lowest BCUT2D eigenvalue weighted by Gasteiger charge is -2.11. The number of H-pyrrole nitrogens is 1. The fraction of sp³-hybridized carbons (Fsp3) is 0.400. The predicted octanol–water partition coefficient (Wildman–Crippen LogP) is -1.76. The summed E-state index contributed by atoms with van der Waals surface area (Å²) in [5, 5.41) is 8.23. The molecule has 0 aliphatic rings. The molecule has 8 nitrogen and oxygen atoms in total. The lowest BCUT2D eigenvalue weighted by molar-refractivity contribution is -0.144. The second-order valence-corrected chi connectivity index (χ2v) is 3.60. The maximum Gasteiger partial charge on any atom is 0.328 e. The SMILES string of the molecule is Cc1cn(C[C@H](N)C(=O)OCC#N)c(=O)[nH]c1=O. The molecular formula is C10H12N4O4. The quantitative estimate of drug-likeness (QED) is 0.610. The Morgan fingerprint density at radius 3 is 2.94 bits per heavy atom. The van der Waals surface area contributed by atoms with E-state index in [9.17, 15) is 14.4 Å². The molecule has 0 saturated carbocycles. The van der Waals surface area contributed by atoms with E-state index in [0.717, 1.165) is 4.57 Å². The van der Waals surface area contributed by atoms with Gasteiger partial charge in [-0.3, -0.25) is 19.1 Å². The van der Waals surface area contributed by atoms with E-state index in [2.05, 4.69) is 9.72 Å². The molecule has 1 heterocycles. The Morgan fingerprint density at radius 1 is 1.67 bits per heavy atom. The molecule has 0 aromatic carbocycles. The molecule has 0 radical (unpaired) electrons. The molecule has 0 spiro atoms. The van der Waals surface area contributed by atoms with E-state index < -0.39 is 29.9 Å². The number of carbonyl (C=O) groups is 1. The molecular weight excluding hydrogens is 240 g/mol. The number of nitrogens with zero attached hydrogens (tertiary/aromatic N) is 2. The maximum absolute atomic E-state index is 11.4. The van der Waals surface area contributed by atoms with Gasteiger partial charge >= 0.3 is 11.7 Å². The van der Waals surface area contributed by atoms with Crippen LogP contribution in [0.3, 0.4) is 0 Å². The lowest BCUT2D eigenvalue weighted by atomic mass is 10.3. The van der Waals surface area contributed by atoms with Crippen molar-refractivity contribution in [2.75, 3.05) is 6.61 Å². The number of esters is 1. The van der Waals surface area contributed by atoms with Crippen molar-refractivity contribution >= 4 is 5.97 Å². The summed E-state index contributed by atoms with van der Waals surface area (Å²) in [5.41, 5.74) is 4.69. The van der Waals surface area contributed by atoms with Crippen molar-refractivity contribution in [3.63, 3.8) is 0 Å². The monoisotopic (exact) mass is 252 g/mol. The third kappa shape index (κ3) is 3.29. The van der Waals surface area contributed by atoms with E-state index in [4.69, 9.17) is 11.0 Å². The first kappa shape index (κ1) is 13.7. The number of rotatable bonds is 4. The van der Waals surface area contributed by atoms with Crippen molar-refractivity contribution in [1.82, 2.24) is 9.55 Å². The van der Waals surface area contributed by atoms with Gasteiger partial charge in [0.15, 0.2) is 6.61 Å². The number of aryl methyl sites for hydroxylation is 1. The molecule has 0 aliphatic heterocycles. The average molecular weight is 252 g/mol. The summed E-state index contributed by atoms with van der Waals surface area (Å²) in [7, 11) is 0. The van der Waals surface area contributed by atoms with Crippen molar-refractivity contribution in [3.8, 4) is 6.07 Å². The molecule has 0 aliphatic carbocycles. The largest absolute Gasteiger partial charge is 0.449 e. The van der Waals surface area contributed by atoms with Gasteiger partial charge in [-0.15, -0.1) is 0 Å². The molecule has 0 amide bonds. The average Bonchev–Trinajstić information content (AvgIpc) is 2.32. The van der Waals surface area contributed by atoms with Crippen LogP contribution in [0.5, 0.6) is 0 Å². The first-order chi connectivity index (χ1) is 8.45. The zero-order chi connectivity index (χ0) is 13.7. The van der Waals surface area contributed by atoms with Gasteiger partial charge in [-0.05, 0) is 6.92 Å². The van der Waals surface area contributed by atoms with Crippen LogP contribution in [0.25, 0.3) is 0 Å². The summed E-state index contributed by atoms with van der Waals surface area (Å²) in [5.74, 6) is -0.785. The van der Waals surface area contributed by atoms with Crippen LogP contribution in [0, 0.1) is 18.3 Å². The van der Waals surface area contributed by atoms with Gasteiger partial charge in [0.05, 0.1) is 6.54 Å². The molecule has 0 saturated heterocycles. The molecule has 1 aromatic rings. The van der Waals surface area contributed by atoms with Gasteiger partial charge in [0, 0.05) is 11.8 Å². The highest BCUT2D eigenvalue weighted by molar-refractivity contribution is 5.75. The summed E-state index contributed by atoms with van der Waals surface area (Å²) in [4.78, 5) is 35.9. The highest BCUT2D eigenvalue weighted by Gasteiger charge is 2.16. The minimum absolute atomic E-state index is 0.138. The van der Waals surface area contributed by atoms with Gasteiger partial charge in [0.1, 0.15) is 12.1 Å². The van der Waals surface area contributed by atoms with E-state index in [1.165, 1.54) is 13.1 Å². The smallest absolute Gasteiger partial charge is 0.328 e. The van der Waals surface area contributed by atoms with Gasteiger partial charge in [0.25, 0.3) is 5.56 Å².